The molecule has 4 nitrogen and oxygen atoms in total. The van der Waals surface area contributed by atoms with Gasteiger partial charge in [-0.15, -0.1) is 0 Å². The molecule has 0 aromatic rings. The van der Waals surface area contributed by atoms with Gasteiger partial charge in [0.15, 0.2) is 5.78 Å². The molecule has 0 spiro atoms. The van der Waals surface area contributed by atoms with Crippen LogP contribution in [0.1, 0.15) is 6.42 Å². The molecular formula is C10H13NO3. The van der Waals surface area contributed by atoms with Crippen LogP contribution >= 0.6 is 0 Å². The largest absolute Gasteiger partial charge is 0.469 e. The van der Waals surface area contributed by atoms with Crippen LogP contribution in [0.4, 0.5) is 0 Å². The number of hydrogen-bond donors (Lipinski definition) is 0. The first-order chi connectivity index (χ1) is 6.65. The molecule has 0 aromatic heterocycles. The molecule has 2 bridgehead atoms. The Bertz CT molecular complexity index is 310. The van der Waals surface area contributed by atoms with Gasteiger partial charge in [-0.3, -0.25) is 14.5 Å². The molecule has 1 saturated heterocycles. The number of nitrogens with zero attached hydrogens (tertiary/aromatic N) is 1. The smallest absolute Gasteiger partial charge is 0.310 e. The normalized spacial score (nSPS) is 36.1. The standard InChI is InChI=1S/C10H13NO3/c1-11-6-3-4-8(12)9(11)7(5-6)10(13)14-2/h3-4,6-7,9H,5H2,1-2H3/t6-,7-,9-/m1/s1. The monoisotopic (exact) mass is 195 g/mol. The molecule has 4 heteroatoms. The average molecular weight is 195 g/mol. The van der Waals surface area contributed by atoms with Crippen LogP contribution in [0.25, 0.3) is 0 Å². The molecule has 2 aliphatic rings. The quantitative estimate of drug-likeness (QED) is 0.552. The predicted molar refractivity (Wildman–Crippen MR) is 49.6 cm³/mol. The average Bonchev–Trinajstić information content (AvgIpc) is 2.39. The van der Waals surface area contributed by atoms with E-state index in [0.29, 0.717) is 6.42 Å². The van der Waals surface area contributed by atoms with E-state index in [1.807, 2.05) is 18.0 Å². The van der Waals surface area contributed by atoms with E-state index < -0.39 is 0 Å². The molecule has 0 unspecified atom stereocenters. The number of rotatable bonds is 1. The Labute approximate surface area is 82.5 Å². The lowest BCUT2D eigenvalue weighted by Crippen LogP contribution is -2.43. The second-order valence-corrected chi connectivity index (χ2v) is 3.80. The van der Waals surface area contributed by atoms with Gasteiger partial charge in [-0.2, -0.15) is 0 Å². The molecule has 0 aromatic carbocycles. The molecule has 14 heavy (non-hydrogen) atoms. The summed E-state index contributed by atoms with van der Waals surface area (Å²) in [7, 11) is 3.24. The zero-order chi connectivity index (χ0) is 10.3. The third kappa shape index (κ3) is 1.18. The van der Waals surface area contributed by atoms with Crippen molar-refractivity contribution >= 4 is 11.8 Å². The fourth-order valence-electron chi connectivity index (χ4n) is 2.34. The van der Waals surface area contributed by atoms with Gasteiger partial charge in [-0.1, -0.05) is 6.08 Å². The molecule has 0 radical (unpaired) electrons. The Morgan fingerprint density at radius 1 is 1.64 bits per heavy atom. The summed E-state index contributed by atoms with van der Waals surface area (Å²) in [4.78, 5) is 24.9. The second-order valence-electron chi connectivity index (χ2n) is 3.80. The fourth-order valence-corrected chi connectivity index (χ4v) is 2.34. The molecule has 0 amide bonds. The molecule has 3 atom stereocenters. The Kier molecular flexibility index (Phi) is 2.15. The van der Waals surface area contributed by atoms with Gasteiger partial charge in [-0.05, 0) is 19.5 Å². The molecule has 76 valence electrons. The van der Waals surface area contributed by atoms with Crippen LogP contribution < -0.4 is 0 Å². The van der Waals surface area contributed by atoms with Crippen molar-refractivity contribution in [3.8, 4) is 0 Å². The number of esters is 1. The summed E-state index contributed by atoms with van der Waals surface area (Å²) < 4.78 is 4.69. The molecule has 0 N–H and O–H groups in total. The summed E-state index contributed by atoms with van der Waals surface area (Å²) in [5, 5.41) is 0. The highest BCUT2D eigenvalue weighted by molar-refractivity contribution is 5.99. The van der Waals surface area contributed by atoms with E-state index >= 15 is 0 Å². The summed E-state index contributed by atoms with van der Waals surface area (Å²) in [5.41, 5.74) is 0. The minimum Gasteiger partial charge on any atom is -0.469 e. The number of likely N-dealkylation sites (N-methyl/N-ethyl adjacent to an activating group) is 1. The first-order valence-corrected chi connectivity index (χ1v) is 4.67. The molecule has 2 rings (SSSR count). The number of ether oxygens (including phenoxy) is 1. The maximum Gasteiger partial charge on any atom is 0.310 e. The van der Waals surface area contributed by atoms with Crippen molar-refractivity contribution in [2.24, 2.45) is 5.92 Å². The van der Waals surface area contributed by atoms with Crippen LogP contribution in [-0.4, -0.2) is 42.9 Å². The van der Waals surface area contributed by atoms with Gasteiger partial charge in [0.2, 0.25) is 0 Å². The highest BCUT2D eigenvalue weighted by Crippen LogP contribution is 2.33. The van der Waals surface area contributed by atoms with Crippen molar-refractivity contribution in [3.05, 3.63) is 12.2 Å². The van der Waals surface area contributed by atoms with Crippen molar-refractivity contribution in [3.63, 3.8) is 0 Å². The lowest BCUT2D eigenvalue weighted by molar-refractivity contribution is -0.147. The molecule has 0 aliphatic carbocycles. The van der Waals surface area contributed by atoms with Crippen molar-refractivity contribution < 1.29 is 14.3 Å². The number of ketones is 1. The van der Waals surface area contributed by atoms with E-state index in [0.717, 1.165) is 0 Å². The maximum atomic E-state index is 11.6. The third-order valence-electron chi connectivity index (χ3n) is 3.12. The minimum absolute atomic E-state index is 0.0108. The molecular weight excluding hydrogens is 182 g/mol. The Hall–Kier alpha value is -1.16. The minimum atomic E-state index is -0.308. The summed E-state index contributed by atoms with van der Waals surface area (Å²) in [6.45, 7) is 0. The summed E-state index contributed by atoms with van der Waals surface area (Å²) in [5.74, 6) is -0.560. The number of methoxy groups -OCH3 is 1. The number of hydrogen-bond acceptors (Lipinski definition) is 4. The van der Waals surface area contributed by atoms with E-state index in [2.05, 4.69) is 0 Å². The van der Waals surface area contributed by atoms with Crippen molar-refractivity contribution in [1.82, 2.24) is 4.90 Å². The summed E-state index contributed by atoms with van der Waals surface area (Å²) >= 11 is 0. The first-order valence-electron chi connectivity index (χ1n) is 4.67. The van der Waals surface area contributed by atoms with E-state index in [1.165, 1.54) is 7.11 Å². The van der Waals surface area contributed by atoms with Gasteiger partial charge in [0.1, 0.15) is 0 Å². The Morgan fingerprint density at radius 3 is 3.00 bits per heavy atom. The lowest BCUT2D eigenvalue weighted by Gasteiger charge is -2.26. The summed E-state index contributed by atoms with van der Waals surface area (Å²) in [6, 6.07) is -0.0979. The zero-order valence-electron chi connectivity index (χ0n) is 8.27. The van der Waals surface area contributed by atoms with Crippen molar-refractivity contribution in [2.75, 3.05) is 14.2 Å². The van der Waals surface area contributed by atoms with Crippen molar-refractivity contribution in [1.29, 1.82) is 0 Å². The van der Waals surface area contributed by atoms with Crippen LogP contribution in [0, 0.1) is 5.92 Å². The lowest BCUT2D eigenvalue weighted by atomic mass is 9.98. The fraction of sp³-hybridized carbons (Fsp3) is 0.600. The number of carbonyl (C=O) groups is 2. The number of carbonyl (C=O) groups excluding carboxylic acids is 2. The van der Waals surface area contributed by atoms with Gasteiger partial charge in [-0.25, -0.2) is 0 Å². The SMILES string of the molecule is COC(=O)[C@@H]1C[C@H]2C=CC(=O)[C@@H]1N2C. The highest BCUT2D eigenvalue weighted by Gasteiger charge is 2.47. The Morgan fingerprint density at radius 2 is 2.36 bits per heavy atom. The van der Waals surface area contributed by atoms with Gasteiger partial charge in [0, 0.05) is 6.04 Å². The molecule has 2 heterocycles. The van der Waals surface area contributed by atoms with E-state index in [4.69, 9.17) is 4.74 Å². The molecule has 2 aliphatic heterocycles. The topological polar surface area (TPSA) is 46.6 Å². The maximum absolute atomic E-state index is 11.6. The van der Waals surface area contributed by atoms with E-state index in [1.54, 1.807) is 6.08 Å². The number of fused-ring (bicyclic) bond motifs is 2. The predicted octanol–water partition coefficient (Wildman–Crippen LogP) is -0.0128. The summed E-state index contributed by atoms with van der Waals surface area (Å²) in [6.07, 6.45) is 4.14. The van der Waals surface area contributed by atoms with E-state index in [9.17, 15) is 9.59 Å². The third-order valence-corrected chi connectivity index (χ3v) is 3.12. The Balaban J connectivity index is 2.27. The van der Waals surface area contributed by atoms with Gasteiger partial charge in [0.25, 0.3) is 0 Å². The van der Waals surface area contributed by atoms with Crippen LogP contribution in [-0.2, 0) is 14.3 Å². The van der Waals surface area contributed by atoms with Gasteiger partial charge < -0.3 is 4.74 Å². The first kappa shape index (κ1) is 9.40. The van der Waals surface area contributed by atoms with Gasteiger partial charge in [0.05, 0.1) is 19.1 Å². The van der Waals surface area contributed by atoms with Crippen LogP contribution in [0.15, 0.2) is 12.2 Å². The van der Waals surface area contributed by atoms with E-state index in [-0.39, 0.29) is 29.8 Å². The highest BCUT2D eigenvalue weighted by atomic mass is 16.5. The van der Waals surface area contributed by atoms with Crippen molar-refractivity contribution in [2.45, 2.75) is 18.5 Å². The van der Waals surface area contributed by atoms with Crippen LogP contribution in [0.5, 0.6) is 0 Å². The molecule has 1 fully saturated rings. The molecule has 0 saturated carbocycles. The second kappa shape index (κ2) is 3.20. The van der Waals surface area contributed by atoms with Gasteiger partial charge >= 0.3 is 5.97 Å². The zero-order valence-corrected chi connectivity index (χ0v) is 8.27. The van der Waals surface area contributed by atoms with Crippen LogP contribution in [0.2, 0.25) is 0 Å². The van der Waals surface area contributed by atoms with Crippen LogP contribution in [0.3, 0.4) is 0 Å².